The number of hydrogen-bond donors (Lipinski definition) is 1. The minimum Gasteiger partial charge on any atom is -0.492 e. The van der Waals surface area contributed by atoms with Gasteiger partial charge in [0, 0.05) is 14.1 Å². The zero-order valence-corrected chi connectivity index (χ0v) is 14.5. The Bertz CT molecular complexity index is 1120. The van der Waals surface area contributed by atoms with Crippen LogP contribution >= 0.6 is 0 Å². The third-order valence-electron chi connectivity index (χ3n) is 4.16. The Hall–Kier alpha value is -3.53. The molecule has 0 atom stereocenters. The standard InChI is InChI=1S/C19H18N4O3/c1-22-17(16(12-20)18(24)23(2)19(22)25)21-9-10-26-15-8-7-13-5-3-4-6-14(13)11-15/h3-8,11,21H,9-10H2,1-2H3. The topological polar surface area (TPSA) is 89.1 Å². The van der Waals surface area contributed by atoms with Gasteiger partial charge in [-0.3, -0.25) is 13.9 Å². The molecule has 0 saturated carbocycles. The highest BCUT2D eigenvalue weighted by Crippen LogP contribution is 2.20. The number of rotatable bonds is 5. The minimum absolute atomic E-state index is 0.0969. The fourth-order valence-corrected chi connectivity index (χ4v) is 2.75. The fourth-order valence-electron chi connectivity index (χ4n) is 2.75. The number of ether oxygens (including phenoxy) is 1. The Balaban J connectivity index is 1.71. The Kier molecular flexibility index (Phi) is 4.76. The minimum atomic E-state index is -0.617. The largest absolute Gasteiger partial charge is 0.492 e. The van der Waals surface area contributed by atoms with E-state index >= 15 is 0 Å². The number of benzene rings is 2. The molecule has 7 heteroatoms. The van der Waals surface area contributed by atoms with E-state index in [4.69, 9.17) is 4.74 Å². The first kappa shape index (κ1) is 17.3. The maximum Gasteiger partial charge on any atom is 0.332 e. The molecule has 7 nitrogen and oxygen atoms in total. The van der Waals surface area contributed by atoms with Gasteiger partial charge in [-0.15, -0.1) is 0 Å². The van der Waals surface area contributed by atoms with E-state index in [0.29, 0.717) is 13.2 Å². The number of nitriles is 1. The van der Waals surface area contributed by atoms with Crippen LogP contribution in [0.5, 0.6) is 5.75 Å². The summed E-state index contributed by atoms with van der Waals surface area (Å²) in [6.07, 6.45) is 0. The molecule has 0 aliphatic rings. The number of nitrogens with one attached hydrogen (secondary N) is 1. The van der Waals surface area contributed by atoms with Crippen LogP contribution in [0.3, 0.4) is 0 Å². The molecule has 1 aromatic heterocycles. The van der Waals surface area contributed by atoms with Crippen LogP contribution in [-0.2, 0) is 14.1 Å². The number of fused-ring (bicyclic) bond motifs is 1. The third-order valence-corrected chi connectivity index (χ3v) is 4.16. The SMILES string of the molecule is Cn1c(NCCOc2ccc3ccccc3c2)c(C#N)c(=O)n(C)c1=O. The van der Waals surface area contributed by atoms with Crippen LogP contribution in [0.2, 0.25) is 0 Å². The first-order valence-corrected chi connectivity index (χ1v) is 8.08. The lowest BCUT2D eigenvalue weighted by atomic mass is 10.1. The molecule has 0 amide bonds. The molecule has 0 unspecified atom stereocenters. The predicted octanol–water partition coefficient (Wildman–Crippen LogP) is 1.60. The summed E-state index contributed by atoms with van der Waals surface area (Å²) in [6, 6.07) is 15.7. The van der Waals surface area contributed by atoms with Crippen LogP contribution in [0, 0.1) is 11.3 Å². The van der Waals surface area contributed by atoms with Gasteiger partial charge >= 0.3 is 5.69 Å². The summed E-state index contributed by atoms with van der Waals surface area (Å²) in [4.78, 5) is 24.0. The summed E-state index contributed by atoms with van der Waals surface area (Å²) in [6.45, 7) is 0.647. The van der Waals surface area contributed by atoms with Gasteiger partial charge in [-0.1, -0.05) is 30.3 Å². The van der Waals surface area contributed by atoms with Gasteiger partial charge in [-0.25, -0.2) is 4.79 Å². The normalized spacial score (nSPS) is 10.5. The Labute approximate surface area is 149 Å². The van der Waals surface area contributed by atoms with E-state index in [1.54, 1.807) is 0 Å². The van der Waals surface area contributed by atoms with Crippen molar-refractivity contribution >= 4 is 16.6 Å². The van der Waals surface area contributed by atoms with Gasteiger partial charge in [0.2, 0.25) is 0 Å². The van der Waals surface area contributed by atoms with E-state index in [1.807, 2.05) is 48.5 Å². The van der Waals surface area contributed by atoms with Crippen LogP contribution in [-0.4, -0.2) is 22.3 Å². The maximum atomic E-state index is 12.0. The number of aromatic nitrogens is 2. The zero-order chi connectivity index (χ0) is 18.7. The average Bonchev–Trinajstić information content (AvgIpc) is 2.67. The second-order valence-electron chi connectivity index (χ2n) is 5.83. The van der Waals surface area contributed by atoms with Crippen molar-refractivity contribution in [3.05, 3.63) is 68.9 Å². The molecule has 3 rings (SSSR count). The van der Waals surface area contributed by atoms with Gasteiger partial charge in [0.25, 0.3) is 5.56 Å². The molecule has 0 bridgehead atoms. The van der Waals surface area contributed by atoms with Crippen molar-refractivity contribution in [3.63, 3.8) is 0 Å². The van der Waals surface area contributed by atoms with Crippen LogP contribution in [0.15, 0.2) is 52.1 Å². The van der Waals surface area contributed by atoms with Crippen molar-refractivity contribution in [1.29, 1.82) is 5.26 Å². The summed E-state index contributed by atoms with van der Waals surface area (Å²) >= 11 is 0. The van der Waals surface area contributed by atoms with Gasteiger partial charge in [-0.05, 0) is 22.9 Å². The molecule has 1 heterocycles. The summed E-state index contributed by atoms with van der Waals surface area (Å²) in [7, 11) is 2.85. The maximum absolute atomic E-state index is 12.0. The number of anilines is 1. The van der Waals surface area contributed by atoms with Crippen LogP contribution < -0.4 is 21.3 Å². The van der Waals surface area contributed by atoms with Crippen LogP contribution in [0.4, 0.5) is 5.82 Å². The summed E-state index contributed by atoms with van der Waals surface area (Å²) in [5.74, 6) is 0.923. The van der Waals surface area contributed by atoms with Crippen molar-refractivity contribution < 1.29 is 4.74 Å². The quantitative estimate of drug-likeness (QED) is 0.706. The van der Waals surface area contributed by atoms with Gasteiger partial charge in [0.05, 0.1) is 6.54 Å². The van der Waals surface area contributed by atoms with E-state index in [9.17, 15) is 14.9 Å². The number of hydrogen-bond acceptors (Lipinski definition) is 5. The van der Waals surface area contributed by atoms with Crippen LogP contribution in [0.25, 0.3) is 10.8 Å². The van der Waals surface area contributed by atoms with E-state index < -0.39 is 11.2 Å². The van der Waals surface area contributed by atoms with Crippen molar-refractivity contribution in [2.75, 3.05) is 18.5 Å². The zero-order valence-electron chi connectivity index (χ0n) is 14.5. The first-order valence-electron chi connectivity index (χ1n) is 8.08. The molecule has 3 aromatic rings. The molecule has 1 N–H and O–H groups in total. The van der Waals surface area contributed by atoms with E-state index in [-0.39, 0.29) is 11.4 Å². The molecular weight excluding hydrogens is 332 g/mol. The Morgan fingerprint density at radius 2 is 1.81 bits per heavy atom. The summed E-state index contributed by atoms with van der Waals surface area (Å²) in [5, 5.41) is 14.4. The van der Waals surface area contributed by atoms with Gasteiger partial charge in [-0.2, -0.15) is 5.26 Å². The molecule has 0 saturated heterocycles. The predicted molar refractivity (Wildman–Crippen MR) is 99.6 cm³/mol. The van der Waals surface area contributed by atoms with Gasteiger partial charge < -0.3 is 10.1 Å². The molecule has 0 aliphatic carbocycles. The molecule has 0 spiro atoms. The second kappa shape index (κ2) is 7.15. The fraction of sp³-hybridized carbons (Fsp3) is 0.211. The number of nitrogens with zero attached hydrogens (tertiary/aromatic N) is 3. The van der Waals surface area contributed by atoms with Crippen molar-refractivity contribution in [1.82, 2.24) is 9.13 Å². The first-order chi connectivity index (χ1) is 12.5. The third kappa shape index (κ3) is 3.17. The molecule has 26 heavy (non-hydrogen) atoms. The van der Waals surface area contributed by atoms with E-state index in [1.165, 1.54) is 18.7 Å². The highest BCUT2D eigenvalue weighted by Gasteiger charge is 2.14. The highest BCUT2D eigenvalue weighted by atomic mass is 16.5. The summed E-state index contributed by atoms with van der Waals surface area (Å²) in [5.41, 5.74) is -1.21. The highest BCUT2D eigenvalue weighted by molar-refractivity contribution is 5.83. The van der Waals surface area contributed by atoms with Gasteiger partial charge in [0.1, 0.15) is 24.2 Å². The van der Waals surface area contributed by atoms with Crippen molar-refractivity contribution in [2.24, 2.45) is 14.1 Å². The average molecular weight is 350 g/mol. The van der Waals surface area contributed by atoms with Gasteiger partial charge in [0.15, 0.2) is 5.56 Å². The Morgan fingerprint density at radius 1 is 1.08 bits per heavy atom. The second-order valence-corrected chi connectivity index (χ2v) is 5.83. The molecular formula is C19H18N4O3. The van der Waals surface area contributed by atoms with E-state index in [0.717, 1.165) is 21.1 Å². The Morgan fingerprint density at radius 3 is 2.54 bits per heavy atom. The molecule has 132 valence electrons. The van der Waals surface area contributed by atoms with Crippen LogP contribution in [0.1, 0.15) is 5.56 Å². The molecule has 0 radical (unpaired) electrons. The monoisotopic (exact) mass is 350 g/mol. The molecule has 0 fully saturated rings. The summed E-state index contributed by atoms with van der Waals surface area (Å²) < 4.78 is 7.88. The van der Waals surface area contributed by atoms with E-state index in [2.05, 4.69) is 5.32 Å². The lowest BCUT2D eigenvalue weighted by Crippen LogP contribution is -2.40. The lowest BCUT2D eigenvalue weighted by molar-refractivity contribution is 0.333. The molecule has 2 aromatic carbocycles. The lowest BCUT2D eigenvalue weighted by Gasteiger charge is -2.14. The molecule has 0 aliphatic heterocycles. The smallest absolute Gasteiger partial charge is 0.332 e. The van der Waals surface area contributed by atoms with Crippen molar-refractivity contribution in [2.45, 2.75) is 0 Å². The van der Waals surface area contributed by atoms with Crippen molar-refractivity contribution in [3.8, 4) is 11.8 Å².